The van der Waals surface area contributed by atoms with Gasteiger partial charge in [0, 0.05) is 5.69 Å². The van der Waals surface area contributed by atoms with Crippen LogP contribution in [0.25, 0.3) is 6.08 Å². The zero-order valence-corrected chi connectivity index (χ0v) is 15.9. The van der Waals surface area contributed by atoms with Gasteiger partial charge in [-0.3, -0.25) is 9.93 Å². The van der Waals surface area contributed by atoms with Crippen LogP contribution in [0.5, 0.6) is 0 Å². The third-order valence-corrected chi connectivity index (χ3v) is 5.11. The van der Waals surface area contributed by atoms with Crippen molar-refractivity contribution in [2.75, 3.05) is 4.72 Å². The molecule has 0 heterocycles. The molecule has 0 aliphatic heterocycles. The van der Waals surface area contributed by atoms with E-state index in [4.69, 9.17) is 12.2 Å². The lowest BCUT2D eigenvalue weighted by molar-refractivity contribution is -0.0305. The Hall–Kier alpha value is -2.29. The van der Waals surface area contributed by atoms with Gasteiger partial charge < -0.3 is 0 Å². The molecular formula is C18H19FN2O3S2. The molecule has 0 fully saturated rings. The molecule has 2 aromatic carbocycles. The van der Waals surface area contributed by atoms with Crippen molar-refractivity contribution in [1.82, 2.24) is 5.06 Å². The van der Waals surface area contributed by atoms with Crippen molar-refractivity contribution >= 4 is 39.0 Å². The second-order valence-corrected chi connectivity index (χ2v) is 7.92. The van der Waals surface area contributed by atoms with Crippen molar-refractivity contribution in [3.63, 3.8) is 0 Å². The van der Waals surface area contributed by atoms with Crippen molar-refractivity contribution in [2.45, 2.75) is 24.8 Å². The van der Waals surface area contributed by atoms with E-state index in [-0.39, 0.29) is 16.6 Å². The Kier molecular flexibility index (Phi) is 6.47. The van der Waals surface area contributed by atoms with Crippen LogP contribution in [0, 0.1) is 5.82 Å². The summed E-state index contributed by atoms with van der Waals surface area (Å²) >= 11 is 4.90. The van der Waals surface area contributed by atoms with Crippen molar-refractivity contribution < 1.29 is 18.0 Å². The van der Waals surface area contributed by atoms with Gasteiger partial charge in [0.2, 0.25) is 0 Å². The number of anilines is 1. The topological polar surface area (TPSA) is 69.6 Å². The van der Waals surface area contributed by atoms with Gasteiger partial charge in [-0.25, -0.2) is 17.9 Å². The first-order chi connectivity index (χ1) is 12.2. The Balaban J connectivity index is 2.19. The van der Waals surface area contributed by atoms with E-state index < -0.39 is 15.8 Å². The monoisotopic (exact) mass is 394 g/mol. The van der Waals surface area contributed by atoms with Crippen molar-refractivity contribution in [3.05, 3.63) is 66.0 Å². The highest BCUT2D eigenvalue weighted by atomic mass is 32.2. The summed E-state index contributed by atoms with van der Waals surface area (Å²) in [7, 11) is -3.80. The van der Waals surface area contributed by atoms with Crippen molar-refractivity contribution in [1.29, 1.82) is 0 Å². The predicted molar refractivity (Wildman–Crippen MR) is 104 cm³/mol. The molecule has 8 heteroatoms. The van der Waals surface area contributed by atoms with E-state index in [1.165, 1.54) is 36.4 Å². The summed E-state index contributed by atoms with van der Waals surface area (Å²) < 4.78 is 40.3. The summed E-state index contributed by atoms with van der Waals surface area (Å²) in [5.41, 5.74) is 0.919. The molecule has 0 aliphatic rings. The second kappa shape index (κ2) is 8.39. The molecule has 0 amide bonds. The van der Waals surface area contributed by atoms with Gasteiger partial charge >= 0.3 is 0 Å². The normalized spacial score (nSPS) is 12.8. The van der Waals surface area contributed by atoms with Crippen LogP contribution >= 0.6 is 12.2 Å². The summed E-state index contributed by atoms with van der Waals surface area (Å²) in [6.07, 6.45) is 3.40. The number of halogens is 1. The van der Waals surface area contributed by atoms with E-state index in [0.717, 1.165) is 5.06 Å². The number of hydrogen-bond donors (Lipinski definition) is 2. The molecule has 0 aliphatic carbocycles. The van der Waals surface area contributed by atoms with E-state index >= 15 is 0 Å². The molecule has 0 saturated heterocycles. The zero-order chi connectivity index (χ0) is 19.3. The van der Waals surface area contributed by atoms with E-state index in [1.807, 2.05) is 0 Å². The van der Waals surface area contributed by atoms with Crippen LogP contribution in [0.2, 0.25) is 0 Å². The first-order valence-electron chi connectivity index (χ1n) is 7.74. The van der Waals surface area contributed by atoms with Gasteiger partial charge in [0.1, 0.15) is 10.8 Å². The lowest BCUT2D eigenvalue weighted by Gasteiger charge is -2.20. The van der Waals surface area contributed by atoms with Gasteiger partial charge in [-0.1, -0.05) is 36.5 Å². The van der Waals surface area contributed by atoms with E-state index in [2.05, 4.69) is 4.72 Å². The minimum absolute atomic E-state index is 0.0727. The fourth-order valence-electron chi connectivity index (χ4n) is 2.14. The number of benzene rings is 2. The lowest BCUT2D eigenvalue weighted by atomic mass is 10.2. The van der Waals surface area contributed by atoms with E-state index in [0.29, 0.717) is 10.6 Å². The Morgan fingerprint density at radius 2 is 1.92 bits per heavy atom. The first-order valence-corrected chi connectivity index (χ1v) is 9.63. The Morgan fingerprint density at radius 3 is 2.54 bits per heavy atom. The maximum atomic E-state index is 12.9. The number of rotatable bonds is 6. The number of sulfonamides is 1. The summed E-state index contributed by atoms with van der Waals surface area (Å²) in [5.74, 6) is -0.446. The van der Waals surface area contributed by atoms with Crippen LogP contribution in [-0.4, -0.2) is 29.7 Å². The summed E-state index contributed by atoms with van der Waals surface area (Å²) in [5, 5.41) is 10.7. The van der Waals surface area contributed by atoms with Crippen molar-refractivity contribution in [2.24, 2.45) is 0 Å². The van der Waals surface area contributed by atoms with Crippen LogP contribution in [-0.2, 0) is 10.0 Å². The molecule has 138 valence electrons. The minimum atomic E-state index is -3.80. The summed E-state index contributed by atoms with van der Waals surface area (Å²) in [4.78, 5) is 0.408. The molecule has 2 N–H and O–H groups in total. The van der Waals surface area contributed by atoms with Crippen LogP contribution in [0.15, 0.2) is 59.5 Å². The van der Waals surface area contributed by atoms with Gasteiger partial charge in [-0.05, 0) is 55.8 Å². The third-order valence-electron chi connectivity index (χ3n) is 3.54. The smallest absolute Gasteiger partial charge is 0.261 e. The maximum Gasteiger partial charge on any atom is 0.261 e. The van der Waals surface area contributed by atoms with Crippen LogP contribution in [0.3, 0.4) is 0 Å². The molecule has 1 unspecified atom stereocenters. The van der Waals surface area contributed by atoms with Gasteiger partial charge in [0.15, 0.2) is 0 Å². The molecule has 0 aromatic heterocycles. The van der Waals surface area contributed by atoms with Gasteiger partial charge in [-0.15, -0.1) is 0 Å². The molecule has 0 saturated carbocycles. The molecule has 0 bridgehead atoms. The quantitative estimate of drug-likeness (QED) is 0.571. The predicted octanol–water partition coefficient (Wildman–Crippen LogP) is 4.07. The Bertz CT molecular complexity index is 912. The molecule has 2 aromatic rings. The van der Waals surface area contributed by atoms with Crippen LogP contribution < -0.4 is 4.72 Å². The van der Waals surface area contributed by atoms with E-state index in [1.54, 1.807) is 38.1 Å². The Labute approximate surface area is 157 Å². The van der Waals surface area contributed by atoms with Gasteiger partial charge in [0.05, 0.1) is 10.9 Å². The zero-order valence-electron chi connectivity index (χ0n) is 14.3. The van der Waals surface area contributed by atoms with Gasteiger partial charge in [0.25, 0.3) is 10.0 Å². The lowest BCUT2D eigenvalue weighted by Crippen LogP contribution is -2.31. The number of hydrogen-bond acceptors (Lipinski definition) is 4. The largest absolute Gasteiger partial charge is 0.287 e. The Morgan fingerprint density at radius 1 is 1.27 bits per heavy atom. The highest BCUT2D eigenvalue weighted by Crippen LogP contribution is 2.18. The molecule has 5 nitrogen and oxygen atoms in total. The highest BCUT2D eigenvalue weighted by molar-refractivity contribution is 7.92. The fraction of sp³-hybridized carbons (Fsp3) is 0.167. The number of nitrogens with zero attached hydrogens (tertiary/aromatic N) is 1. The number of hydroxylamine groups is 2. The molecule has 0 spiro atoms. The summed E-state index contributed by atoms with van der Waals surface area (Å²) in [6, 6.07) is 11.0. The summed E-state index contributed by atoms with van der Waals surface area (Å²) in [6.45, 7) is 3.36. The number of thiocarbonyl (C=S) groups is 1. The molecular weight excluding hydrogens is 375 g/mol. The highest BCUT2D eigenvalue weighted by Gasteiger charge is 2.14. The molecule has 0 radical (unpaired) electrons. The molecule has 1 atom stereocenters. The average molecular weight is 394 g/mol. The second-order valence-electron chi connectivity index (χ2n) is 5.65. The van der Waals surface area contributed by atoms with Gasteiger partial charge in [-0.2, -0.15) is 0 Å². The first kappa shape index (κ1) is 20.0. The van der Waals surface area contributed by atoms with Crippen LogP contribution in [0.4, 0.5) is 10.1 Å². The number of nitrogens with one attached hydrogen (secondary N) is 1. The molecule has 2 rings (SSSR count). The maximum absolute atomic E-state index is 12.9. The molecule has 26 heavy (non-hydrogen) atoms. The van der Waals surface area contributed by atoms with Crippen LogP contribution in [0.1, 0.15) is 19.4 Å². The standard InChI is InChI=1S/C18H19FN2O3S2/c1-13(21(22)14(2)25)6-7-15-4-3-5-18(12-15)26(23,24)20-17-10-8-16(19)9-11-17/h3-13,20,22H,1-2H3/b7-6+. The minimum Gasteiger partial charge on any atom is -0.287 e. The fourth-order valence-corrected chi connectivity index (χ4v) is 3.42. The average Bonchev–Trinajstić information content (AvgIpc) is 2.61. The SMILES string of the molecule is CC(=S)N(O)C(C)/C=C/c1cccc(S(=O)(=O)Nc2ccc(F)cc2)c1. The van der Waals surface area contributed by atoms with Crippen molar-refractivity contribution in [3.8, 4) is 0 Å². The van der Waals surface area contributed by atoms with E-state index in [9.17, 15) is 18.0 Å². The third kappa shape index (κ3) is 5.35.